The second-order valence-electron chi connectivity index (χ2n) is 2.43. The van der Waals surface area contributed by atoms with E-state index in [0.29, 0.717) is 12.1 Å². The molecule has 11 heavy (non-hydrogen) atoms. The number of allylic oxidation sites excluding steroid dienone is 2. The van der Waals surface area contributed by atoms with E-state index in [0.717, 1.165) is 0 Å². The molecule has 0 spiro atoms. The van der Waals surface area contributed by atoms with Crippen LogP contribution in [-0.2, 0) is 9.53 Å². The third-order valence-corrected chi connectivity index (χ3v) is 1.63. The van der Waals surface area contributed by atoms with Crippen LogP contribution in [0.4, 0.5) is 0 Å². The lowest BCUT2D eigenvalue weighted by Crippen LogP contribution is -2.16. The highest BCUT2D eigenvalue weighted by molar-refractivity contribution is 5.75. The highest BCUT2D eigenvalue weighted by atomic mass is 16.5. The molecule has 1 aliphatic rings. The zero-order valence-electron chi connectivity index (χ0n) is 6.41. The zero-order valence-corrected chi connectivity index (χ0v) is 6.41. The van der Waals surface area contributed by atoms with E-state index in [9.17, 15) is 4.79 Å². The first-order valence-corrected chi connectivity index (χ1v) is 3.45. The van der Waals surface area contributed by atoms with Crippen molar-refractivity contribution in [1.82, 2.24) is 0 Å². The number of ether oxygens (including phenoxy) is 1. The second kappa shape index (κ2) is 3.23. The first-order valence-electron chi connectivity index (χ1n) is 3.45. The number of nitrogens with two attached hydrogens (primary N) is 1. The first-order chi connectivity index (χ1) is 5.24. The topological polar surface area (TPSA) is 52.3 Å². The van der Waals surface area contributed by atoms with Gasteiger partial charge >= 0.3 is 5.97 Å². The van der Waals surface area contributed by atoms with Gasteiger partial charge < -0.3 is 10.5 Å². The minimum atomic E-state index is -0.204. The summed E-state index contributed by atoms with van der Waals surface area (Å²) in [5, 5.41) is 0. The number of methoxy groups -OCH3 is 1. The summed E-state index contributed by atoms with van der Waals surface area (Å²) in [6.45, 7) is 0. The van der Waals surface area contributed by atoms with Crippen LogP contribution >= 0.6 is 0 Å². The normalized spacial score (nSPS) is 22.6. The Kier molecular flexibility index (Phi) is 2.31. The Morgan fingerprint density at radius 1 is 1.82 bits per heavy atom. The Morgan fingerprint density at radius 3 is 3.00 bits per heavy atom. The van der Waals surface area contributed by atoms with Gasteiger partial charge in [0.15, 0.2) is 0 Å². The molecular formula is C8H11NO2. The van der Waals surface area contributed by atoms with Crippen molar-refractivity contribution in [2.24, 2.45) is 11.7 Å². The average molecular weight is 153 g/mol. The molecule has 0 aromatic rings. The van der Waals surface area contributed by atoms with Crippen molar-refractivity contribution in [3.8, 4) is 0 Å². The van der Waals surface area contributed by atoms with Gasteiger partial charge in [0.2, 0.25) is 0 Å². The van der Waals surface area contributed by atoms with E-state index in [1.807, 2.05) is 6.08 Å². The summed E-state index contributed by atoms with van der Waals surface area (Å²) in [5.74, 6) is -0.350. The van der Waals surface area contributed by atoms with Crippen LogP contribution in [0.5, 0.6) is 0 Å². The minimum absolute atomic E-state index is 0.146. The molecule has 0 heterocycles. The molecule has 1 aliphatic carbocycles. The van der Waals surface area contributed by atoms with E-state index in [2.05, 4.69) is 4.74 Å². The van der Waals surface area contributed by atoms with Crippen LogP contribution in [0, 0.1) is 5.92 Å². The summed E-state index contributed by atoms with van der Waals surface area (Å²) in [7, 11) is 1.39. The highest BCUT2D eigenvalue weighted by Gasteiger charge is 2.16. The molecule has 60 valence electrons. The molecule has 0 aliphatic heterocycles. The second-order valence-corrected chi connectivity index (χ2v) is 2.43. The van der Waals surface area contributed by atoms with Crippen LogP contribution in [0.25, 0.3) is 0 Å². The Balaban J connectivity index is 2.55. The monoisotopic (exact) mass is 153 g/mol. The number of esters is 1. The molecule has 1 atom stereocenters. The maximum atomic E-state index is 10.9. The lowest BCUT2D eigenvalue weighted by atomic mass is 10.00. The van der Waals surface area contributed by atoms with Crippen LogP contribution in [0.3, 0.4) is 0 Å². The fraction of sp³-hybridized carbons (Fsp3) is 0.375. The standard InChI is InChI=1S/C8H11NO2/c1-11-8(10)6-2-4-7(9)5-3-6/h2,4-6H,3,9H2,1H3. The summed E-state index contributed by atoms with van der Waals surface area (Å²) in [4.78, 5) is 10.9. The third kappa shape index (κ3) is 1.83. The Hall–Kier alpha value is -1.25. The van der Waals surface area contributed by atoms with E-state index < -0.39 is 0 Å². The van der Waals surface area contributed by atoms with Crippen molar-refractivity contribution >= 4 is 5.97 Å². The van der Waals surface area contributed by atoms with Crippen LogP contribution in [0.15, 0.2) is 23.9 Å². The Morgan fingerprint density at radius 2 is 2.55 bits per heavy atom. The van der Waals surface area contributed by atoms with Crippen LogP contribution in [0.2, 0.25) is 0 Å². The molecule has 2 N–H and O–H groups in total. The number of hydrogen-bond acceptors (Lipinski definition) is 3. The van der Waals surface area contributed by atoms with Crippen molar-refractivity contribution in [3.05, 3.63) is 23.9 Å². The number of carbonyl (C=O) groups is 1. The van der Waals surface area contributed by atoms with Gasteiger partial charge in [-0.05, 0) is 12.5 Å². The molecule has 0 fully saturated rings. The van der Waals surface area contributed by atoms with E-state index in [1.165, 1.54) is 7.11 Å². The summed E-state index contributed by atoms with van der Waals surface area (Å²) in [6, 6.07) is 0. The molecule has 0 bridgehead atoms. The van der Waals surface area contributed by atoms with E-state index in [4.69, 9.17) is 5.73 Å². The van der Waals surface area contributed by atoms with Gasteiger partial charge in [0.05, 0.1) is 13.0 Å². The van der Waals surface area contributed by atoms with Gasteiger partial charge in [0.1, 0.15) is 0 Å². The molecule has 3 heteroatoms. The zero-order chi connectivity index (χ0) is 8.27. The Bertz CT molecular complexity index is 218. The van der Waals surface area contributed by atoms with Gasteiger partial charge in [0.25, 0.3) is 0 Å². The molecule has 0 amide bonds. The SMILES string of the molecule is COC(=O)C1C=CC(N)=CC1. The molecule has 0 radical (unpaired) electrons. The average Bonchev–Trinajstić information content (AvgIpc) is 2.05. The summed E-state index contributed by atoms with van der Waals surface area (Å²) in [6.07, 6.45) is 5.96. The molecule has 0 aromatic carbocycles. The number of carbonyl (C=O) groups excluding carboxylic acids is 1. The number of rotatable bonds is 1. The van der Waals surface area contributed by atoms with Crippen molar-refractivity contribution in [3.63, 3.8) is 0 Å². The van der Waals surface area contributed by atoms with Gasteiger partial charge in [-0.3, -0.25) is 4.79 Å². The summed E-state index contributed by atoms with van der Waals surface area (Å²) in [5.41, 5.74) is 6.17. The molecule has 1 unspecified atom stereocenters. The largest absolute Gasteiger partial charge is 0.469 e. The van der Waals surface area contributed by atoms with Crippen molar-refractivity contribution < 1.29 is 9.53 Å². The van der Waals surface area contributed by atoms with Crippen LogP contribution < -0.4 is 5.73 Å². The Labute approximate surface area is 65.5 Å². The highest BCUT2D eigenvalue weighted by Crippen LogP contribution is 2.14. The van der Waals surface area contributed by atoms with Gasteiger partial charge in [-0.2, -0.15) is 0 Å². The molecule has 0 saturated heterocycles. The quantitative estimate of drug-likeness (QED) is 0.560. The fourth-order valence-electron chi connectivity index (χ4n) is 0.963. The van der Waals surface area contributed by atoms with Crippen LogP contribution in [0.1, 0.15) is 6.42 Å². The van der Waals surface area contributed by atoms with Gasteiger partial charge in [-0.25, -0.2) is 0 Å². The van der Waals surface area contributed by atoms with Gasteiger partial charge in [-0.15, -0.1) is 0 Å². The summed E-state index contributed by atoms with van der Waals surface area (Å²) < 4.78 is 4.56. The van der Waals surface area contributed by atoms with E-state index >= 15 is 0 Å². The third-order valence-electron chi connectivity index (χ3n) is 1.63. The first kappa shape index (κ1) is 7.85. The maximum Gasteiger partial charge on any atom is 0.312 e. The minimum Gasteiger partial charge on any atom is -0.469 e. The maximum absolute atomic E-state index is 10.9. The predicted molar refractivity (Wildman–Crippen MR) is 41.5 cm³/mol. The number of hydrogen-bond donors (Lipinski definition) is 1. The molecular weight excluding hydrogens is 142 g/mol. The smallest absolute Gasteiger partial charge is 0.312 e. The van der Waals surface area contributed by atoms with E-state index in [1.54, 1.807) is 12.2 Å². The molecule has 0 aromatic heterocycles. The van der Waals surface area contributed by atoms with Crippen molar-refractivity contribution in [2.75, 3.05) is 7.11 Å². The molecule has 0 saturated carbocycles. The van der Waals surface area contributed by atoms with Crippen molar-refractivity contribution in [2.45, 2.75) is 6.42 Å². The summed E-state index contributed by atoms with van der Waals surface area (Å²) >= 11 is 0. The fourth-order valence-corrected chi connectivity index (χ4v) is 0.963. The molecule has 1 rings (SSSR count). The van der Waals surface area contributed by atoms with Crippen molar-refractivity contribution in [1.29, 1.82) is 0 Å². The van der Waals surface area contributed by atoms with Gasteiger partial charge in [0, 0.05) is 5.70 Å². The van der Waals surface area contributed by atoms with Crippen LogP contribution in [-0.4, -0.2) is 13.1 Å². The van der Waals surface area contributed by atoms with Gasteiger partial charge in [-0.1, -0.05) is 12.2 Å². The predicted octanol–water partition coefficient (Wildman–Crippen LogP) is 0.578. The van der Waals surface area contributed by atoms with E-state index in [-0.39, 0.29) is 11.9 Å². The lowest BCUT2D eigenvalue weighted by molar-refractivity contribution is -0.143. The lowest BCUT2D eigenvalue weighted by Gasteiger charge is -2.11. The molecule has 3 nitrogen and oxygen atoms in total.